The summed E-state index contributed by atoms with van der Waals surface area (Å²) in [6.07, 6.45) is 9.01. The van der Waals surface area contributed by atoms with Crippen molar-refractivity contribution < 1.29 is 0 Å². The lowest BCUT2D eigenvalue weighted by Crippen LogP contribution is -2.36. The van der Waals surface area contributed by atoms with Crippen molar-refractivity contribution in [3.63, 3.8) is 0 Å². The van der Waals surface area contributed by atoms with Crippen molar-refractivity contribution in [2.75, 3.05) is 13.6 Å². The maximum absolute atomic E-state index is 5.97. The lowest BCUT2D eigenvalue weighted by molar-refractivity contribution is 0.320. The molecule has 0 radical (unpaired) electrons. The fourth-order valence-corrected chi connectivity index (χ4v) is 3.57. The van der Waals surface area contributed by atoms with Gasteiger partial charge >= 0.3 is 0 Å². The van der Waals surface area contributed by atoms with Crippen molar-refractivity contribution >= 4 is 6.08 Å². The second-order valence-corrected chi connectivity index (χ2v) is 7.51. The number of nitrogens with two attached hydrogens (primary N) is 1. The van der Waals surface area contributed by atoms with Crippen LogP contribution in [0.5, 0.6) is 0 Å². The van der Waals surface area contributed by atoms with Crippen molar-refractivity contribution in [1.29, 1.82) is 0 Å². The van der Waals surface area contributed by atoms with E-state index >= 15 is 0 Å². The molecule has 5 heteroatoms. The molecule has 132 valence electrons. The van der Waals surface area contributed by atoms with E-state index in [1.165, 1.54) is 24.2 Å². The van der Waals surface area contributed by atoms with Gasteiger partial charge in [-0.2, -0.15) is 0 Å². The monoisotopic (exact) mass is 337 g/mol. The Kier molecular flexibility index (Phi) is 4.68. The van der Waals surface area contributed by atoms with Crippen LogP contribution in [-0.4, -0.2) is 39.3 Å². The zero-order valence-electron chi connectivity index (χ0n) is 14.9. The molecule has 2 saturated carbocycles. The van der Waals surface area contributed by atoms with Crippen LogP contribution < -0.4 is 5.73 Å². The highest BCUT2D eigenvalue weighted by Gasteiger charge is 2.36. The van der Waals surface area contributed by atoms with Crippen LogP contribution in [0.4, 0.5) is 0 Å². The lowest BCUT2D eigenvalue weighted by atomic mass is 9.80. The van der Waals surface area contributed by atoms with Gasteiger partial charge in [0.2, 0.25) is 0 Å². The second-order valence-electron chi connectivity index (χ2n) is 7.51. The van der Waals surface area contributed by atoms with Crippen molar-refractivity contribution in [3.05, 3.63) is 53.6 Å². The molecule has 0 spiro atoms. The molecule has 0 aliphatic heterocycles. The smallest absolute Gasteiger partial charge is 0.147 e. The summed E-state index contributed by atoms with van der Waals surface area (Å²) in [5.74, 6) is 2.79. The van der Waals surface area contributed by atoms with Crippen LogP contribution in [0.1, 0.15) is 54.9 Å². The number of aromatic nitrogens is 3. The molecule has 2 aliphatic carbocycles. The molecule has 25 heavy (non-hydrogen) atoms. The molecule has 0 saturated heterocycles. The van der Waals surface area contributed by atoms with Crippen LogP contribution in [0.15, 0.2) is 36.4 Å². The van der Waals surface area contributed by atoms with Gasteiger partial charge < -0.3 is 10.3 Å². The van der Waals surface area contributed by atoms with Gasteiger partial charge in [0.05, 0.1) is 6.54 Å². The number of hydrogen-bond donors (Lipinski definition) is 1. The third kappa shape index (κ3) is 3.83. The summed E-state index contributed by atoms with van der Waals surface area (Å²) in [4.78, 5) is 2.29. The van der Waals surface area contributed by atoms with E-state index in [1.54, 1.807) is 0 Å². The Bertz CT molecular complexity index is 726. The standard InChI is InChI=1S/C20H27N5/c1-24(11-5-8-15-6-3-2-4-7-15)14-19-22-23-20(16-12-17(21)13-16)25(19)18-9-10-18/h2-8,16-18H,9-14,21H2,1H3. The van der Waals surface area contributed by atoms with Gasteiger partial charge in [0, 0.05) is 24.5 Å². The van der Waals surface area contributed by atoms with Crippen LogP contribution in [0.25, 0.3) is 6.08 Å². The number of hydrogen-bond acceptors (Lipinski definition) is 4. The third-order valence-electron chi connectivity index (χ3n) is 5.18. The average Bonchev–Trinajstić information content (AvgIpc) is 3.34. The first-order valence-corrected chi connectivity index (χ1v) is 9.30. The first-order chi connectivity index (χ1) is 12.2. The molecule has 1 aromatic carbocycles. The molecule has 2 fully saturated rings. The molecule has 2 aliphatic rings. The molecule has 1 heterocycles. The predicted molar refractivity (Wildman–Crippen MR) is 100 cm³/mol. The molecule has 2 aromatic rings. The molecule has 0 amide bonds. The maximum Gasteiger partial charge on any atom is 0.147 e. The Balaban J connectivity index is 1.39. The summed E-state index contributed by atoms with van der Waals surface area (Å²) in [7, 11) is 2.14. The summed E-state index contributed by atoms with van der Waals surface area (Å²) < 4.78 is 2.41. The summed E-state index contributed by atoms with van der Waals surface area (Å²) in [6.45, 7) is 1.73. The van der Waals surface area contributed by atoms with Crippen LogP contribution in [0, 0.1) is 0 Å². The molecular weight excluding hydrogens is 310 g/mol. The summed E-state index contributed by atoms with van der Waals surface area (Å²) in [5, 5.41) is 9.05. The van der Waals surface area contributed by atoms with Crippen LogP contribution >= 0.6 is 0 Å². The van der Waals surface area contributed by atoms with Gasteiger partial charge in [-0.3, -0.25) is 4.90 Å². The predicted octanol–water partition coefficient (Wildman–Crippen LogP) is 2.96. The highest BCUT2D eigenvalue weighted by atomic mass is 15.3. The Labute approximate surface area is 149 Å². The minimum Gasteiger partial charge on any atom is -0.328 e. The van der Waals surface area contributed by atoms with E-state index in [4.69, 9.17) is 5.73 Å². The van der Waals surface area contributed by atoms with Gasteiger partial charge in [-0.05, 0) is 38.3 Å². The zero-order chi connectivity index (χ0) is 17.2. The quantitative estimate of drug-likeness (QED) is 0.844. The van der Waals surface area contributed by atoms with E-state index in [2.05, 4.69) is 63.1 Å². The van der Waals surface area contributed by atoms with E-state index in [-0.39, 0.29) is 0 Å². The van der Waals surface area contributed by atoms with Crippen LogP contribution in [0.2, 0.25) is 0 Å². The number of likely N-dealkylation sites (N-methyl/N-ethyl adjacent to an activating group) is 1. The minimum absolute atomic E-state index is 0.351. The van der Waals surface area contributed by atoms with E-state index in [1.807, 2.05) is 6.07 Å². The molecule has 0 atom stereocenters. The summed E-state index contributed by atoms with van der Waals surface area (Å²) in [5.41, 5.74) is 7.20. The van der Waals surface area contributed by atoms with E-state index in [9.17, 15) is 0 Å². The number of benzene rings is 1. The SMILES string of the molecule is CN(CC=Cc1ccccc1)Cc1nnc(C2CC(N)C2)n1C1CC1. The normalized spacial score (nSPS) is 23.3. The first kappa shape index (κ1) is 16.5. The van der Waals surface area contributed by atoms with Crippen LogP contribution in [-0.2, 0) is 6.54 Å². The van der Waals surface area contributed by atoms with Gasteiger partial charge in [0.25, 0.3) is 0 Å². The molecule has 0 unspecified atom stereocenters. The fourth-order valence-electron chi connectivity index (χ4n) is 3.57. The summed E-state index contributed by atoms with van der Waals surface area (Å²) >= 11 is 0. The average molecular weight is 337 g/mol. The highest BCUT2D eigenvalue weighted by Crippen LogP contribution is 2.42. The molecule has 2 N–H and O–H groups in total. The lowest BCUT2D eigenvalue weighted by Gasteiger charge is -2.32. The van der Waals surface area contributed by atoms with Crippen molar-refractivity contribution in [1.82, 2.24) is 19.7 Å². The Morgan fingerprint density at radius 2 is 1.96 bits per heavy atom. The minimum atomic E-state index is 0.351. The Morgan fingerprint density at radius 1 is 1.20 bits per heavy atom. The molecule has 5 nitrogen and oxygen atoms in total. The molecule has 4 rings (SSSR count). The summed E-state index contributed by atoms with van der Waals surface area (Å²) in [6, 6.07) is 11.4. The van der Waals surface area contributed by atoms with Crippen molar-refractivity contribution in [3.8, 4) is 0 Å². The highest BCUT2D eigenvalue weighted by molar-refractivity contribution is 5.48. The largest absolute Gasteiger partial charge is 0.328 e. The Hall–Kier alpha value is -1.98. The third-order valence-corrected chi connectivity index (χ3v) is 5.18. The Morgan fingerprint density at radius 3 is 2.64 bits per heavy atom. The van der Waals surface area contributed by atoms with E-state index < -0.39 is 0 Å². The van der Waals surface area contributed by atoms with Gasteiger partial charge in [0.1, 0.15) is 11.6 Å². The van der Waals surface area contributed by atoms with Gasteiger partial charge in [-0.15, -0.1) is 10.2 Å². The van der Waals surface area contributed by atoms with Crippen LogP contribution in [0.3, 0.4) is 0 Å². The topological polar surface area (TPSA) is 60.0 Å². The fraction of sp³-hybridized carbons (Fsp3) is 0.500. The van der Waals surface area contributed by atoms with E-state index in [0.29, 0.717) is 18.0 Å². The number of rotatable bonds is 7. The molecular formula is C20H27N5. The molecule has 1 aromatic heterocycles. The maximum atomic E-state index is 5.97. The van der Waals surface area contributed by atoms with Crippen molar-refractivity contribution in [2.24, 2.45) is 5.73 Å². The first-order valence-electron chi connectivity index (χ1n) is 9.30. The zero-order valence-corrected chi connectivity index (χ0v) is 14.9. The second kappa shape index (κ2) is 7.10. The van der Waals surface area contributed by atoms with Crippen molar-refractivity contribution in [2.45, 2.75) is 50.2 Å². The van der Waals surface area contributed by atoms with Gasteiger partial charge in [-0.25, -0.2) is 0 Å². The van der Waals surface area contributed by atoms with Gasteiger partial charge in [0.15, 0.2) is 0 Å². The van der Waals surface area contributed by atoms with E-state index in [0.717, 1.165) is 31.8 Å². The van der Waals surface area contributed by atoms with Gasteiger partial charge in [-0.1, -0.05) is 42.5 Å². The number of nitrogens with zero attached hydrogens (tertiary/aromatic N) is 4. The molecule has 0 bridgehead atoms.